The van der Waals surface area contributed by atoms with E-state index in [0.717, 1.165) is 31.9 Å². The van der Waals surface area contributed by atoms with Crippen LogP contribution >= 0.6 is 11.8 Å². The van der Waals surface area contributed by atoms with Gasteiger partial charge in [-0.2, -0.15) is 11.8 Å². The zero-order chi connectivity index (χ0) is 13.2. The van der Waals surface area contributed by atoms with Gasteiger partial charge in [0.15, 0.2) is 9.84 Å². The van der Waals surface area contributed by atoms with Gasteiger partial charge in [0.2, 0.25) is 0 Å². The third-order valence-electron chi connectivity index (χ3n) is 3.84. The van der Waals surface area contributed by atoms with Crippen molar-refractivity contribution >= 4 is 21.6 Å². The molecule has 0 aromatic heterocycles. The van der Waals surface area contributed by atoms with Gasteiger partial charge in [0.25, 0.3) is 0 Å². The minimum atomic E-state index is -3.03. The van der Waals surface area contributed by atoms with Gasteiger partial charge in [0.1, 0.15) is 5.37 Å². The summed E-state index contributed by atoms with van der Waals surface area (Å²) < 4.78 is 29.1. The van der Waals surface area contributed by atoms with Crippen LogP contribution in [0, 0.1) is 5.41 Å². The normalized spacial score (nSPS) is 34.9. The van der Waals surface area contributed by atoms with Crippen LogP contribution in [0.15, 0.2) is 0 Å². The highest BCUT2D eigenvalue weighted by Crippen LogP contribution is 2.31. The number of rotatable bonds is 4. The van der Waals surface area contributed by atoms with Crippen LogP contribution in [0.2, 0.25) is 0 Å². The Morgan fingerprint density at radius 1 is 1.56 bits per heavy atom. The molecule has 2 rings (SSSR count). The summed E-state index contributed by atoms with van der Waals surface area (Å²) in [6.45, 7) is 3.52. The Morgan fingerprint density at radius 3 is 2.89 bits per heavy atom. The fraction of sp³-hybridized carbons (Fsp3) is 1.00. The fourth-order valence-corrected chi connectivity index (χ4v) is 5.56. The van der Waals surface area contributed by atoms with Crippen LogP contribution in [-0.4, -0.2) is 69.3 Å². The number of sulfone groups is 1. The highest BCUT2D eigenvalue weighted by molar-refractivity contribution is 8.00. The Labute approximate surface area is 113 Å². The first-order valence-electron chi connectivity index (χ1n) is 6.25. The molecule has 2 unspecified atom stereocenters. The number of nitrogens with zero attached hydrogens (tertiary/aromatic N) is 1. The second kappa shape index (κ2) is 5.66. The molecule has 2 aliphatic rings. The lowest BCUT2D eigenvalue weighted by Crippen LogP contribution is -2.53. The molecule has 0 bridgehead atoms. The maximum absolute atomic E-state index is 11.8. The van der Waals surface area contributed by atoms with Crippen molar-refractivity contribution in [2.24, 2.45) is 11.1 Å². The van der Waals surface area contributed by atoms with Crippen molar-refractivity contribution in [3.8, 4) is 0 Å². The molecule has 0 aromatic rings. The summed E-state index contributed by atoms with van der Waals surface area (Å²) >= 11 is 1.71. The van der Waals surface area contributed by atoms with Gasteiger partial charge in [-0.15, -0.1) is 0 Å². The molecule has 2 aliphatic heterocycles. The topological polar surface area (TPSA) is 72.6 Å². The Bertz CT molecular complexity index is 380. The van der Waals surface area contributed by atoms with Crippen molar-refractivity contribution in [3.05, 3.63) is 0 Å². The molecule has 2 N–H and O–H groups in total. The molecular formula is C11H22N2O3S2. The van der Waals surface area contributed by atoms with Gasteiger partial charge < -0.3 is 10.5 Å². The number of hydrogen-bond acceptors (Lipinski definition) is 6. The van der Waals surface area contributed by atoms with E-state index in [2.05, 4.69) is 4.90 Å². The first-order chi connectivity index (χ1) is 8.47. The molecule has 0 radical (unpaired) electrons. The maximum Gasteiger partial charge on any atom is 0.164 e. The Kier molecular flexibility index (Phi) is 4.59. The molecular weight excluding hydrogens is 272 g/mol. The molecule has 7 heteroatoms. The lowest BCUT2D eigenvalue weighted by Gasteiger charge is -2.39. The van der Waals surface area contributed by atoms with Crippen LogP contribution in [0.25, 0.3) is 0 Å². The molecule has 2 heterocycles. The molecule has 2 saturated heterocycles. The minimum Gasteiger partial charge on any atom is -0.381 e. The highest BCUT2D eigenvalue weighted by atomic mass is 32.2. The Morgan fingerprint density at radius 2 is 2.33 bits per heavy atom. The van der Waals surface area contributed by atoms with Gasteiger partial charge >= 0.3 is 0 Å². The van der Waals surface area contributed by atoms with Crippen LogP contribution in [0.1, 0.15) is 6.42 Å². The SMILES string of the molecule is CS(=O)(=O)C1CSCCN1CC1(CN)CCOC1. The van der Waals surface area contributed by atoms with E-state index in [0.29, 0.717) is 18.9 Å². The third-order valence-corrected chi connectivity index (χ3v) is 6.53. The molecule has 18 heavy (non-hydrogen) atoms. The van der Waals surface area contributed by atoms with Crippen molar-refractivity contribution in [2.75, 3.05) is 50.6 Å². The molecule has 5 nitrogen and oxygen atoms in total. The molecule has 106 valence electrons. The van der Waals surface area contributed by atoms with Crippen molar-refractivity contribution in [1.82, 2.24) is 4.90 Å². The molecule has 0 saturated carbocycles. The zero-order valence-corrected chi connectivity index (χ0v) is 12.4. The predicted octanol–water partition coefficient (Wildman–Crippen LogP) is -0.229. The van der Waals surface area contributed by atoms with Gasteiger partial charge in [-0.25, -0.2) is 8.42 Å². The Balaban J connectivity index is 2.10. The van der Waals surface area contributed by atoms with Crippen molar-refractivity contribution < 1.29 is 13.2 Å². The van der Waals surface area contributed by atoms with E-state index < -0.39 is 9.84 Å². The average molecular weight is 294 g/mol. The average Bonchev–Trinajstić information content (AvgIpc) is 2.78. The van der Waals surface area contributed by atoms with Crippen molar-refractivity contribution in [2.45, 2.75) is 11.8 Å². The maximum atomic E-state index is 11.8. The minimum absolute atomic E-state index is 0.0506. The van der Waals surface area contributed by atoms with E-state index in [1.807, 2.05) is 0 Å². The molecule has 0 aliphatic carbocycles. The lowest BCUT2D eigenvalue weighted by molar-refractivity contribution is 0.113. The summed E-state index contributed by atoms with van der Waals surface area (Å²) in [6.07, 6.45) is 2.26. The van der Waals surface area contributed by atoms with E-state index in [4.69, 9.17) is 10.5 Å². The number of ether oxygens (including phenoxy) is 1. The van der Waals surface area contributed by atoms with E-state index >= 15 is 0 Å². The summed E-state index contributed by atoms with van der Waals surface area (Å²) in [7, 11) is -3.03. The van der Waals surface area contributed by atoms with Crippen LogP contribution in [0.3, 0.4) is 0 Å². The molecule has 0 spiro atoms. The zero-order valence-electron chi connectivity index (χ0n) is 10.8. The van der Waals surface area contributed by atoms with Gasteiger partial charge in [-0.3, -0.25) is 4.90 Å². The summed E-state index contributed by atoms with van der Waals surface area (Å²) in [5, 5.41) is -0.361. The van der Waals surface area contributed by atoms with Crippen LogP contribution in [0.4, 0.5) is 0 Å². The monoisotopic (exact) mass is 294 g/mol. The summed E-state index contributed by atoms with van der Waals surface area (Å²) in [5.74, 6) is 1.66. The van der Waals surface area contributed by atoms with E-state index in [9.17, 15) is 8.42 Å². The van der Waals surface area contributed by atoms with Gasteiger partial charge in [0.05, 0.1) is 6.61 Å². The smallest absolute Gasteiger partial charge is 0.164 e. The molecule has 2 atom stereocenters. The lowest BCUT2D eigenvalue weighted by atomic mass is 9.87. The van der Waals surface area contributed by atoms with Gasteiger partial charge in [-0.1, -0.05) is 0 Å². The Hall–Kier alpha value is 0.180. The van der Waals surface area contributed by atoms with Crippen LogP contribution in [0.5, 0.6) is 0 Å². The number of thioether (sulfide) groups is 1. The highest BCUT2D eigenvalue weighted by Gasteiger charge is 2.40. The number of nitrogens with two attached hydrogens (primary N) is 1. The van der Waals surface area contributed by atoms with Crippen LogP contribution in [-0.2, 0) is 14.6 Å². The predicted molar refractivity (Wildman–Crippen MR) is 74.5 cm³/mol. The van der Waals surface area contributed by atoms with Crippen LogP contribution < -0.4 is 5.73 Å². The van der Waals surface area contributed by atoms with Crippen molar-refractivity contribution in [3.63, 3.8) is 0 Å². The fourth-order valence-electron chi connectivity index (χ4n) is 2.62. The largest absolute Gasteiger partial charge is 0.381 e. The van der Waals surface area contributed by atoms with Gasteiger partial charge in [-0.05, 0) is 6.42 Å². The van der Waals surface area contributed by atoms with E-state index in [1.54, 1.807) is 11.8 Å². The summed E-state index contributed by atoms with van der Waals surface area (Å²) in [4.78, 5) is 2.09. The molecule has 0 aromatic carbocycles. The summed E-state index contributed by atoms with van der Waals surface area (Å²) in [6, 6.07) is 0. The second-order valence-electron chi connectivity index (χ2n) is 5.34. The second-order valence-corrected chi connectivity index (χ2v) is 8.69. The van der Waals surface area contributed by atoms with E-state index in [-0.39, 0.29) is 10.8 Å². The first kappa shape index (κ1) is 14.6. The quantitative estimate of drug-likeness (QED) is 0.772. The summed E-state index contributed by atoms with van der Waals surface area (Å²) in [5.41, 5.74) is 5.83. The standard InChI is InChI=1S/C11H22N2O3S2/c1-18(14,15)10-6-17-5-3-13(10)8-11(7-12)2-4-16-9-11/h10H,2-9,12H2,1H3. The number of hydrogen-bond donors (Lipinski definition) is 1. The first-order valence-corrected chi connectivity index (χ1v) is 9.36. The van der Waals surface area contributed by atoms with Gasteiger partial charge in [0, 0.05) is 49.4 Å². The molecule has 2 fully saturated rings. The van der Waals surface area contributed by atoms with E-state index in [1.165, 1.54) is 6.26 Å². The van der Waals surface area contributed by atoms with Crippen molar-refractivity contribution in [1.29, 1.82) is 0 Å². The third kappa shape index (κ3) is 3.19. The molecule has 0 amide bonds.